The van der Waals surface area contributed by atoms with Crippen molar-refractivity contribution in [3.8, 4) is 0 Å². The Morgan fingerprint density at radius 2 is 1.87 bits per heavy atom. The molecule has 0 atom stereocenters. The molecule has 3 nitrogen and oxygen atoms in total. The number of rotatable bonds is 3. The maximum atomic E-state index is 11.5. The Balaban J connectivity index is 3.15. The molecule has 0 unspecified atom stereocenters. The number of para-hydroxylation sites is 1. The van der Waals surface area contributed by atoms with E-state index in [4.69, 9.17) is 5.73 Å². The van der Waals surface area contributed by atoms with E-state index in [1.807, 2.05) is 32.0 Å². The van der Waals surface area contributed by atoms with Gasteiger partial charge in [-0.1, -0.05) is 18.2 Å². The largest absolute Gasteiger partial charge is 0.329 e. The highest BCUT2D eigenvalue weighted by Gasteiger charge is 2.14. The fraction of sp³-hybridized carbons (Fsp3) is 0.417. The minimum absolute atomic E-state index is 0.0397. The molecule has 0 spiro atoms. The van der Waals surface area contributed by atoms with Crippen molar-refractivity contribution in [2.24, 2.45) is 5.73 Å². The molecule has 3 heteroatoms. The van der Waals surface area contributed by atoms with Crippen molar-refractivity contribution in [1.82, 2.24) is 0 Å². The van der Waals surface area contributed by atoms with E-state index >= 15 is 0 Å². The highest BCUT2D eigenvalue weighted by molar-refractivity contribution is 5.93. The molecule has 82 valence electrons. The van der Waals surface area contributed by atoms with E-state index in [2.05, 4.69) is 0 Å². The molecule has 0 saturated carbocycles. The van der Waals surface area contributed by atoms with Crippen molar-refractivity contribution in [2.45, 2.75) is 20.8 Å². The highest BCUT2D eigenvalue weighted by Crippen LogP contribution is 2.24. The zero-order valence-electron chi connectivity index (χ0n) is 9.58. The fourth-order valence-corrected chi connectivity index (χ4v) is 1.79. The first-order chi connectivity index (χ1) is 7.07. The van der Waals surface area contributed by atoms with Crippen molar-refractivity contribution in [1.29, 1.82) is 0 Å². The summed E-state index contributed by atoms with van der Waals surface area (Å²) < 4.78 is 0. The third-order valence-corrected chi connectivity index (χ3v) is 2.44. The topological polar surface area (TPSA) is 46.3 Å². The van der Waals surface area contributed by atoms with Gasteiger partial charge in [-0.05, 0) is 25.0 Å². The number of benzene rings is 1. The van der Waals surface area contributed by atoms with Crippen LogP contribution in [0.5, 0.6) is 0 Å². The molecular weight excluding hydrogens is 188 g/mol. The van der Waals surface area contributed by atoms with Crippen LogP contribution in [-0.2, 0) is 4.79 Å². The summed E-state index contributed by atoms with van der Waals surface area (Å²) in [5, 5.41) is 0. The van der Waals surface area contributed by atoms with Gasteiger partial charge in [0, 0.05) is 25.7 Å². The predicted octanol–water partition coefficient (Wildman–Crippen LogP) is 1.62. The molecule has 0 fully saturated rings. The second-order valence-electron chi connectivity index (χ2n) is 3.70. The Kier molecular flexibility index (Phi) is 3.86. The number of carbonyl (C=O) groups is 1. The number of hydrogen-bond donors (Lipinski definition) is 1. The Labute approximate surface area is 90.9 Å². The van der Waals surface area contributed by atoms with E-state index in [-0.39, 0.29) is 5.91 Å². The summed E-state index contributed by atoms with van der Waals surface area (Å²) in [6.07, 6.45) is 0. The van der Waals surface area contributed by atoms with Crippen LogP contribution in [0.3, 0.4) is 0 Å². The first-order valence-corrected chi connectivity index (χ1v) is 5.12. The fourth-order valence-electron chi connectivity index (χ4n) is 1.79. The number of nitrogens with two attached hydrogens (primary N) is 1. The van der Waals surface area contributed by atoms with Gasteiger partial charge < -0.3 is 10.6 Å². The number of amides is 1. The number of aryl methyl sites for hydroxylation is 2. The minimum atomic E-state index is 0.0397. The molecule has 0 aliphatic heterocycles. The van der Waals surface area contributed by atoms with Gasteiger partial charge in [-0.15, -0.1) is 0 Å². The highest BCUT2D eigenvalue weighted by atomic mass is 16.2. The van der Waals surface area contributed by atoms with Crippen LogP contribution in [0, 0.1) is 13.8 Å². The summed E-state index contributed by atoms with van der Waals surface area (Å²) in [4.78, 5) is 13.2. The lowest BCUT2D eigenvalue weighted by atomic mass is 10.1. The second kappa shape index (κ2) is 4.94. The van der Waals surface area contributed by atoms with E-state index < -0.39 is 0 Å². The van der Waals surface area contributed by atoms with Crippen molar-refractivity contribution in [3.05, 3.63) is 29.3 Å². The van der Waals surface area contributed by atoms with Crippen molar-refractivity contribution in [3.63, 3.8) is 0 Å². The summed E-state index contributed by atoms with van der Waals surface area (Å²) >= 11 is 0. The average Bonchev–Trinajstić information content (AvgIpc) is 2.15. The van der Waals surface area contributed by atoms with Crippen LogP contribution in [-0.4, -0.2) is 19.0 Å². The smallest absolute Gasteiger partial charge is 0.223 e. The first kappa shape index (κ1) is 11.7. The van der Waals surface area contributed by atoms with Crippen LogP contribution in [0.15, 0.2) is 18.2 Å². The van der Waals surface area contributed by atoms with E-state index in [1.54, 1.807) is 11.8 Å². The zero-order valence-corrected chi connectivity index (χ0v) is 9.58. The number of nitrogens with zero attached hydrogens (tertiary/aromatic N) is 1. The lowest BCUT2D eigenvalue weighted by Gasteiger charge is -2.24. The van der Waals surface area contributed by atoms with E-state index in [1.165, 1.54) is 0 Å². The third kappa shape index (κ3) is 2.57. The molecule has 1 aromatic carbocycles. The maximum Gasteiger partial charge on any atom is 0.223 e. The first-order valence-electron chi connectivity index (χ1n) is 5.12. The Morgan fingerprint density at radius 3 is 2.27 bits per heavy atom. The molecular formula is C12H18N2O. The van der Waals surface area contributed by atoms with Crippen LogP contribution >= 0.6 is 0 Å². The second-order valence-corrected chi connectivity index (χ2v) is 3.70. The predicted molar refractivity (Wildman–Crippen MR) is 63.0 cm³/mol. The summed E-state index contributed by atoms with van der Waals surface area (Å²) in [7, 11) is 0. The normalized spacial score (nSPS) is 10.1. The van der Waals surface area contributed by atoms with Crippen molar-refractivity contribution in [2.75, 3.05) is 18.0 Å². The molecule has 0 bridgehead atoms. The summed E-state index contributed by atoms with van der Waals surface area (Å²) in [6.45, 7) is 6.64. The standard InChI is InChI=1S/C12H18N2O/c1-9-5-4-6-10(2)12(9)14(8-7-13)11(3)15/h4-6H,7-8,13H2,1-3H3. The van der Waals surface area contributed by atoms with Gasteiger partial charge in [0.1, 0.15) is 0 Å². The molecule has 0 aliphatic carbocycles. The van der Waals surface area contributed by atoms with Crippen LogP contribution in [0.1, 0.15) is 18.1 Å². The van der Waals surface area contributed by atoms with Gasteiger partial charge >= 0.3 is 0 Å². The van der Waals surface area contributed by atoms with E-state index in [0.29, 0.717) is 13.1 Å². The lowest BCUT2D eigenvalue weighted by Crippen LogP contribution is -2.34. The summed E-state index contributed by atoms with van der Waals surface area (Å²) in [5.74, 6) is 0.0397. The number of anilines is 1. The Hall–Kier alpha value is -1.35. The Morgan fingerprint density at radius 1 is 1.33 bits per heavy atom. The quantitative estimate of drug-likeness (QED) is 0.816. The molecule has 0 heterocycles. The molecule has 0 aliphatic rings. The zero-order chi connectivity index (χ0) is 11.4. The molecule has 1 aromatic rings. The molecule has 15 heavy (non-hydrogen) atoms. The molecule has 2 N–H and O–H groups in total. The SMILES string of the molecule is CC(=O)N(CCN)c1c(C)cccc1C. The van der Waals surface area contributed by atoms with Gasteiger partial charge in [0.25, 0.3) is 0 Å². The number of hydrogen-bond acceptors (Lipinski definition) is 2. The molecule has 1 rings (SSSR count). The van der Waals surface area contributed by atoms with Crippen LogP contribution in [0.2, 0.25) is 0 Å². The van der Waals surface area contributed by atoms with Gasteiger partial charge in [0.15, 0.2) is 0 Å². The van der Waals surface area contributed by atoms with Gasteiger partial charge in [-0.25, -0.2) is 0 Å². The Bertz CT molecular complexity index is 340. The lowest BCUT2D eigenvalue weighted by molar-refractivity contribution is -0.116. The molecule has 1 amide bonds. The van der Waals surface area contributed by atoms with Crippen molar-refractivity contribution >= 4 is 11.6 Å². The van der Waals surface area contributed by atoms with Gasteiger partial charge in [0.2, 0.25) is 5.91 Å². The summed E-state index contributed by atoms with van der Waals surface area (Å²) in [6, 6.07) is 6.01. The summed E-state index contributed by atoms with van der Waals surface area (Å²) in [5.41, 5.74) is 8.73. The van der Waals surface area contributed by atoms with Crippen molar-refractivity contribution < 1.29 is 4.79 Å². The van der Waals surface area contributed by atoms with Gasteiger partial charge in [-0.2, -0.15) is 0 Å². The third-order valence-electron chi connectivity index (χ3n) is 2.44. The van der Waals surface area contributed by atoms with Gasteiger partial charge in [0.05, 0.1) is 0 Å². The minimum Gasteiger partial charge on any atom is -0.329 e. The maximum absolute atomic E-state index is 11.5. The monoisotopic (exact) mass is 206 g/mol. The van der Waals surface area contributed by atoms with E-state index in [0.717, 1.165) is 16.8 Å². The average molecular weight is 206 g/mol. The molecule has 0 aromatic heterocycles. The number of carbonyl (C=O) groups excluding carboxylic acids is 1. The van der Waals surface area contributed by atoms with Crippen LogP contribution < -0.4 is 10.6 Å². The van der Waals surface area contributed by atoms with Gasteiger partial charge in [-0.3, -0.25) is 4.79 Å². The molecule has 0 saturated heterocycles. The van der Waals surface area contributed by atoms with Crippen LogP contribution in [0.25, 0.3) is 0 Å². The van der Waals surface area contributed by atoms with Crippen LogP contribution in [0.4, 0.5) is 5.69 Å². The molecule has 0 radical (unpaired) electrons. The van der Waals surface area contributed by atoms with E-state index in [9.17, 15) is 4.79 Å².